The Labute approximate surface area is 247 Å². The van der Waals surface area contributed by atoms with E-state index >= 15 is 0 Å². The van der Waals surface area contributed by atoms with Gasteiger partial charge < -0.3 is 15.5 Å². The van der Waals surface area contributed by atoms with Crippen molar-refractivity contribution < 1.29 is 19.2 Å². The molecule has 3 aromatic carbocycles. The number of amides is 2. The van der Waals surface area contributed by atoms with E-state index in [4.69, 9.17) is 0 Å². The van der Waals surface area contributed by atoms with E-state index in [1.807, 2.05) is 29.6 Å². The van der Waals surface area contributed by atoms with Gasteiger partial charge in [0.25, 0.3) is 11.8 Å². The summed E-state index contributed by atoms with van der Waals surface area (Å²) < 4.78 is 0. The van der Waals surface area contributed by atoms with Crippen LogP contribution in [0.25, 0.3) is 0 Å². The van der Waals surface area contributed by atoms with Crippen molar-refractivity contribution in [2.45, 2.75) is 12.8 Å². The maximum absolute atomic E-state index is 12.6. The van der Waals surface area contributed by atoms with E-state index < -0.39 is 0 Å². The fourth-order valence-electron chi connectivity index (χ4n) is 4.21. The first kappa shape index (κ1) is 29.9. The summed E-state index contributed by atoms with van der Waals surface area (Å²) in [6.07, 6.45) is 4.33. The van der Waals surface area contributed by atoms with E-state index in [-0.39, 0.29) is 11.8 Å². The SMILES string of the molecule is O=Cc1ccccc1C(=O)NCCCN(CCCNC(=O)c1ccccc1C=O)c1ccc(/N=N/c2nccs2)cc1. The second-order valence-corrected chi connectivity index (χ2v) is 10.0. The summed E-state index contributed by atoms with van der Waals surface area (Å²) in [5.74, 6) is -0.588. The van der Waals surface area contributed by atoms with Gasteiger partial charge in [-0.1, -0.05) is 36.4 Å². The van der Waals surface area contributed by atoms with Crippen LogP contribution < -0.4 is 15.5 Å². The number of thiazole rings is 1. The third-order valence-electron chi connectivity index (χ3n) is 6.33. The highest BCUT2D eigenvalue weighted by Crippen LogP contribution is 2.23. The number of anilines is 1. The number of carbonyl (C=O) groups is 4. The largest absolute Gasteiger partial charge is 0.371 e. The summed E-state index contributed by atoms with van der Waals surface area (Å²) in [6, 6.07) is 21.0. The van der Waals surface area contributed by atoms with Crippen molar-refractivity contribution in [2.75, 3.05) is 31.1 Å². The topological polar surface area (TPSA) is 133 Å². The zero-order valence-corrected chi connectivity index (χ0v) is 23.6. The van der Waals surface area contributed by atoms with Crippen molar-refractivity contribution >= 4 is 52.2 Å². The van der Waals surface area contributed by atoms with E-state index in [1.165, 1.54) is 11.3 Å². The van der Waals surface area contributed by atoms with Crippen molar-refractivity contribution in [1.29, 1.82) is 0 Å². The normalized spacial score (nSPS) is 10.8. The maximum Gasteiger partial charge on any atom is 0.252 e. The zero-order valence-electron chi connectivity index (χ0n) is 22.8. The minimum atomic E-state index is -0.294. The molecule has 42 heavy (non-hydrogen) atoms. The van der Waals surface area contributed by atoms with E-state index in [1.54, 1.807) is 54.7 Å². The Kier molecular flexibility index (Phi) is 11.2. The Morgan fingerprint density at radius 2 is 1.31 bits per heavy atom. The molecule has 2 N–H and O–H groups in total. The number of benzene rings is 3. The number of nitrogens with zero attached hydrogens (tertiary/aromatic N) is 4. The zero-order chi connectivity index (χ0) is 29.6. The van der Waals surface area contributed by atoms with Gasteiger partial charge in [-0.3, -0.25) is 19.2 Å². The van der Waals surface area contributed by atoms with Crippen molar-refractivity contribution in [2.24, 2.45) is 10.2 Å². The van der Waals surface area contributed by atoms with Crippen molar-refractivity contribution in [3.63, 3.8) is 0 Å². The number of hydrogen-bond acceptors (Lipinski definition) is 9. The molecule has 1 heterocycles. The Morgan fingerprint density at radius 3 is 1.81 bits per heavy atom. The van der Waals surface area contributed by atoms with Crippen LogP contribution in [0.3, 0.4) is 0 Å². The van der Waals surface area contributed by atoms with E-state index in [0.717, 1.165) is 5.69 Å². The first-order valence-electron chi connectivity index (χ1n) is 13.4. The smallest absolute Gasteiger partial charge is 0.252 e. The fourth-order valence-corrected chi connectivity index (χ4v) is 4.67. The van der Waals surface area contributed by atoms with Crippen molar-refractivity contribution in [1.82, 2.24) is 15.6 Å². The lowest BCUT2D eigenvalue weighted by Gasteiger charge is -2.25. The van der Waals surface area contributed by atoms with Gasteiger partial charge in [-0.05, 0) is 49.2 Å². The van der Waals surface area contributed by atoms with E-state index in [0.29, 0.717) is 84.7 Å². The van der Waals surface area contributed by atoms with E-state index in [2.05, 4.69) is 30.7 Å². The van der Waals surface area contributed by atoms with Crippen LogP contribution in [-0.2, 0) is 0 Å². The molecule has 0 aliphatic rings. The molecule has 4 rings (SSSR count). The highest BCUT2D eigenvalue weighted by atomic mass is 32.1. The van der Waals surface area contributed by atoms with Gasteiger partial charge in [0, 0.05) is 65.7 Å². The molecule has 0 bridgehead atoms. The average Bonchev–Trinajstić information content (AvgIpc) is 3.57. The summed E-state index contributed by atoms with van der Waals surface area (Å²) in [4.78, 5) is 54.0. The molecular weight excluding hydrogens is 552 g/mol. The molecule has 10 nitrogen and oxygen atoms in total. The minimum absolute atomic E-state index is 0.294. The minimum Gasteiger partial charge on any atom is -0.371 e. The molecule has 1 aromatic heterocycles. The molecule has 0 atom stereocenters. The summed E-state index contributed by atoms with van der Waals surface area (Å²) in [6.45, 7) is 2.11. The van der Waals surface area contributed by atoms with Crippen LogP contribution in [0.4, 0.5) is 16.5 Å². The van der Waals surface area contributed by atoms with Gasteiger partial charge in [0.05, 0.1) is 5.69 Å². The third-order valence-corrected chi connectivity index (χ3v) is 6.99. The van der Waals surface area contributed by atoms with Crippen LogP contribution in [-0.4, -0.2) is 55.5 Å². The molecule has 0 fully saturated rings. The number of hydrogen-bond donors (Lipinski definition) is 2. The highest BCUT2D eigenvalue weighted by Gasteiger charge is 2.13. The Balaban J connectivity index is 1.35. The van der Waals surface area contributed by atoms with Crippen LogP contribution in [0.5, 0.6) is 0 Å². The van der Waals surface area contributed by atoms with Gasteiger partial charge in [-0.2, -0.15) is 0 Å². The maximum atomic E-state index is 12.6. The molecule has 0 saturated heterocycles. The van der Waals surface area contributed by atoms with Gasteiger partial charge in [-0.15, -0.1) is 21.6 Å². The Morgan fingerprint density at radius 1 is 0.762 bits per heavy atom. The van der Waals surface area contributed by atoms with Crippen LogP contribution >= 0.6 is 11.3 Å². The molecule has 4 aromatic rings. The van der Waals surface area contributed by atoms with Crippen LogP contribution in [0, 0.1) is 0 Å². The van der Waals surface area contributed by atoms with Gasteiger partial charge >= 0.3 is 0 Å². The molecule has 0 aliphatic heterocycles. The predicted octanol–water partition coefficient (Wildman–Crippen LogP) is 5.63. The lowest BCUT2D eigenvalue weighted by atomic mass is 10.1. The lowest BCUT2D eigenvalue weighted by Crippen LogP contribution is -2.33. The van der Waals surface area contributed by atoms with Gasteiger partial charge in [-0.25, -0.2) is 4.98 Å². The second kappa shape index (κ2) is 15.7. The Bertz CT molecular complexity index is 1450. The summed E-state index contributed by atoms with van der Waals surface area (Å²) in [7, 11) is 0. The highest BCUT2D eigenvalue weighted by molar-refractivity contribution is 7.13. The summed E-state index contributed by atoms with van der Waals surface area (Å²) >= 11 is 1.40. The average molecular weight is 583 g/mol. The van der Waals surface area contributed by atoms with Gasteiger partial charge in [0.1, 0.15) is 0 Å². The number of azo groups is 1. The van der Waals surface area contributed by atoms with Crippen LogP contribution in [0.1, 0.15) is 54.3 Å². The van der Waals surface area contributed by atoms with Gasteiger partial charge in [0.15, 0.2) is 12.6 Å². The number of aldehydes is 2. The molecule has 0 radical (unpaired) electrons. The van der Waals surface area contributed by atoms with Gasteiger partial charge in [0.2, 0.25) is 5.13 Å². The van der Waals surface area contributed by atoms with Crippen LogP contribution in [0.15, 0.2) is 94.6 Å². The second-order valence-electron chi connectivity index (χ2n) is 9.15. The molecule has 214 valence electrons. The number of rotatable bonds is 15. The van der Waals surface area contributed by atoms with Crippen LogP contribution in [0.2, 0.25) is 0 Å². The molecule has 11 heteroatoms. The Hall–Kier alpha value is -5.03. The molecule has 0 aliphatic carbocycles. The molecule has 0 unspecified atom stereocenters. The first-order valence-corrected chi connectivity index (χ1v) is 14.3. The lowest BCUT2D eigenvalue weighted by molar-refractivity contribution is 0.0942. The first-order chi connectivity index (χ1) is 20.6. The molecule has 2 amide bonds. The third kappa shape index (κ3) is 8.48. The summed E-state index contributed by atoms with van der Waals surface area (Å²) in [5.41, 5.74) is 3.04. The number of aromatic nitrogens is 1. The number of carbonyl (C=O) groups excluding carboxylic acids is 4. The standard InChI is InChI=1S/C31H30N6O4S/c38-21-23-7-1-3-9-27(23)29(40)32-15-5-18-37(19-6-16-33-30(41)28-10-4-2-8-24(28)22-39)26-13-11-25(12-14-26)35-36-31-34-17-20-42-31/h1-4,7-14,17,20-22H,5-6,15-16,18-19H2,(H,32,40)(H,33,41)/b36-35+. The quantitative estimate of drug-likeness (QED) is 0.106. The monoisotopic (exact) mass is 582 g/mol. The molecular formula is C31H30N6O4S. The predicted molar refractivity (Wildman–Crippen MR) is 163 cm³/mol. The molecule has 0 spiro atoms. The van der Waals surface area contributed by atoms with Crippen molar-refractivity contribution in [3.8, 4) is 0 Å². The van der Waals surface area contributed by atoms with Crippen molar-refractivity contribution in [3.05, 3.63) is 107 Å². The van der Waals surface area contributed by atoms with E-state index in [9.17, 15) is 19.2 Å². The fraction of sp³-hybridized carbons (Fsp3) is 0.194. The summed E-state index contributed by atoms with van der Waals surface area (Å²) in [5, 5.41) is 16.6. The number of nitrogens with one attached hydrogen (secondary N) is 2. The molecule has 0 saturated carbocycles.